The minimum absolute atomic E-state index is 0.178. The summed E-state index contributed by atoms with van der Waals surface area (Å²) in [4.78, 5) is 1.03. The Morgan fingerprint density at radius 2 is 2.20 bits per heavy atom. The van der Waals surface area contributed by atoms with E-state index in [4.69, 9.17) is 25.3 Å². The van der Waals surface area contributed by atoms with Crippen LogP contribution in [0.2, 0.25) is 0 Å². The summed E-state index contributed by atoms with van der Waals surface area (Å²) in [7, 11) is 9.53. The van der Waals surface area contributed by atoms with Crippen LogP contribution in [0.3, 0.4) is 0 Å². The number of aliphatic hydroxyl groups excluding tert-OH is 1. The molecule has 0 bridgehead atoms. The van der Waals surface area contributed by atoms with E-state index in [1.165, 1.54) is 0 Å². The van der Waals surface area contributed by atoms with Gasteiger partial charge in [0, 0.05) is 4.88 Å². The molecule has 0 spiro atoms. The molecule has 0 saturated carbocycles. The second-order valence-electron chi connectivity index (χ2n) is 1.29. The van der Waals surface area contributed by atoms with E-state index in [0.29, 0.717) is 0 Å². The Morgan fingerprint density at radius 3 is 2.40 bits per heavy atom. The predicted molar refractivity (Wildman–Crippen MR) is 41.9 cm³/mol. The molecule has 0 aliphatic rings. The van der Waals surface area contributed by atoms with Crippen LogP contribution in [-0.2, 0) is 19.7 Å². The number of aliphatic hydroxyl groups is 1. The van der Waals surface area contributed by atoms with Crippen LogP contribution in [0.15, 0.2) is 17.5 Å². The van der Waals surface area contributed by atoms with Crippen LogP contribution in [-0.4, -0.2) is 5.11 Å². The normalized spacial score (nSPS) is 8.70. The van der Waals surface area contributed by atoms with E-state index in [2.05, 4.69) is 0 Å². The molecule has 1 heterocycles. The topological polar surface area (TPSA) is 20.2 Å². The van der Waals surface area contributed by atoms with Crippen molar-refractivity contribution in [1.29, 1.82) is 0 Å². The fraction of sp³-hybridized carbons (Fsp3) is 0.200. The van der Waals surface area contributed by atoms with Crippen molar-refractivity contribution < 1.29 is 18.2 Å². The van der Waals surface area contributed by atoms with E-state index in [-0.39, 0.29) is 19.7 Å². The molecule has 0 atom stereocenters. The zero-order chi connectivity index (χ0) is 7.82. The standard InChI is InChI=1S/C5H6OS.2ClH.Fe/c6-4-5-2-1-3-7-5;;;/h1-3,6H,4H2;2*1H;/q;;;+2/p-2. The summed E-state index contributed by atoms with van der Waals surface area (Å²) in [6.07, 6.45) is 0. The van der Waals surface area contributed by atoms with Crippen molar-refractivity contribution in [1.82, 2.24) is 0 Å². The molecule has 0 fully saturated rings. The van der Waals surface area contributed by atoms with Crippen LogP contribution in [0.1, 0.15) is 4.88 Å². The molecular formula is C5H6Cl2FeOS. The number of rotatable bonds is 1. The molecule has 1 aromatic heterocycles. The summed E-state index contributed by atoms with van der Waals surface area (Å²) in [5, 5.41) is 10.4. The number of hydrogen-bond acceptors (Lipinski definition) is 2. The molecule has 0 radical (unpaired) electrons. The number of thiophene rings is 1. The van der Waals surface area contributed by atoms with E-state index in [9.17, 15) is 0 Å². The fourth-order valence-electron chi connectivity index (χ4n) is 0.403. The number of halogens is 2. The van der Waals surface area contributed by atoms with Crippen molar-refractivity contribution in [2.75, 3.05) is 0 Å². The molecular weight excluding hydrogens is 235 g/mol. The van der Waals surface area contributed by atoms with Crippen molar-refractivity contribution in [3.8, 4) is 0 Å². The molecule has 1 N–H and O–H groups in total. The zero-order valence-electron chi connectivity index (χ0n) is 4.90. The van der Waals surface area contributed by atoms with Crippen molar-refractivity contribution >= 4 is 31.5 Å². The first-order chi connectivity index (χ1) is 4.85. The van der Waals surface area contributed by atoms with Crippen LogP contribution in [0.4, 0.5) is 0 Å². The third-order valence-corrected chi connectivity index (χ3v) is 1.60. The summed E-state index contributed by atoms with van der Waals surface area (Å²) in [5.74, 6) is 0. The van der Waals surface area contributed by atoms with Crippen molar-refractivity contribution in [2.24, 2.45) is 0 Å². The molecule has 10 heavy (non-hydrogen) atoms. The average Bonchev–Trinajstić information content (AvgIpc) is 2.39. The summed E-state index contributed by atoms with van der Waals surface area (Å²) < 4.78 is 0. The number of hydrogen-bond donors (Lipinski definition) is 1. The predicted octanol–water partition coefficient (Wildman–Crippen LogP) is 2.62. The second kappa shape index (κ2) is 7.86. The van der Waals surface area contributed by atoms with Crippen LogP contribution >= 0.6 is 31.5 Å². The van der Waals surface area contributed by atoms with Gasteiger partial charge in [0.15, 0.2) is 0 Å². The quantitative estimate of drug-likeness (QED) is 0.749. The zero-order valence-corrected chi connectivity index (χ0v) is 8.34. The Kier molecular flexibility index (Phi) is 8.46. The third kappa shape index (κ3) is 5.54. The van der Waals surface area contributed by atoms with Gasteiger partial charge < -0.3 is 5.11 Å². The van der Waals surface area contributed by atoms with Gasteiger partial charge in [0.25, 0.3) is 0 Å². The van der Waals surface area contributed by atoms with Crippen molar-refractivity contribution in [3.63, 3.8) is 0 Å². The van der Waals surface area contributed by atoms with E-state index in [1.807, 2.05) is 17.5 Å². The maximum atomic E-state index is 8.44. The van der Waals surface area contributed by atoms with Gasteiger partial charge in [-0.1, -0.05) is 6.07 Å². The summed E-state index contributed by atoms with van der Waals surface area (Å²) in [5.41, 5.74) is 0. The first-order valence-electron chi connectivity index (χ1n) is 2.33. The first-order valence-corrected chi connectivity index (χ1v) is 6.25. The molecule has 1 rings (SSSR count). The van der Waals surface area contributed by atoms with E-state index < -0.39 is 0 Å². The Balaban J connectivity index is 0.000000236. The average molecular weight is 241 g/mol. The molecule has 0 aliphatic heterocycles. The van der Waals surface area contributed by atoms with E-state index in [1.54, 1.807) is 11.3 Å². The van der Waals surface area contributed by atoms with Gasteiger partial charge in [-0.25, -0.2) is 0 Å². The van der Waals surface area contributed by atoms with Crippen LogP contribution in [0.25, 0.3) is 0 Å². The molecule has 0 unspecified atom stereocenters. The van der Waals surface area contributed by atoms with Crippen LogP contribution < -0.4 is 0 Å². The van der Waals surface area contributed by atoms with Crippen molar-refractivity contribution in [2.45, 2.75) is 6.61 Å². The van der Waals surface area contributed by atoms with Gasteiger partial charge >= 0.3 is 33.3 Å². The molecule has 60 valence electrons. The SMILES string of the molecule is OCc1cccs1.[Cl][Fe][Cl]. The summed E-state index contributed by atoms with van der Waals surface area (Å²) >= 11 is 1.77. The molecule has 0 saturated heterocycles. The Bertz CT molecular complexity index is 145. The Hall–Kier alpha value is 0.759. The minimum atomic E-state index is 0.178. The molecule has 1 nitrogen and oxygen atoms in total. The van der Waals surface area contributed by atoms with Crippen molar-refractivity contribution in [3.05, 3.63) is 22.4 Å². The fourth-order valence-corrected chi connectivity index (χ4v) is 0.966. The Labute approximate surface area is 78.6 Å². The molecule has 0 amide bonds. The van der Waals surface area contributed by atoms with Gasteiger partial charge in [0.2, 0.25) is 0 Å². The molecule has 0 aliphatic carbocycles. The second-order valence-corrected chi connectivity index (χ2v) is 4.14. The monoisotopic (exact) mass is 240 g/mol. The van der Waals surface area contributed by atoms with Gasteiger partial charge in [-0.2, -0.15) is 0 Å². The molecule has 5 heteroatoms. The van der Waals surface area contributed by atoms with Gasteiger partial charge in [-0.3, -0.25) is 0 Å². The first kappa shape index (κ1) is 10.8. The van der Waals surface area contributed by atoms with Crippen LogP contribution in [0.5, 0.6) is 0 Å². The van der Waals surface area contributed by atoms with Gasteiger partial charge in [-0.15, -0.1) is 11.3 Å². The van der Waals surface area contributed by atoms with E-state index >= 15 is 0 Å². The van der Waals surface area contributed by atoms with Crippen LogP contribution in [0, 0.1) is 0 Å². The van der Waals surface area contributed by atoms with Gasteiger partial charge in [0.05, 0.1) is 6.61 Å². The Morgan fingerprint density at radius 1 is 1.60 bits per heavy atom. The van der Waals surface area contributed by atoms with Gasteiger partial charge in [0.1, 0.15) is 0 Å². The molecule has 0 aromatic carbocycles. The van der Waals surface area contributed by atoms with Gasteiger partial charge in [-0.05, 0) is 11.4 Å². The third-order valence-electron chi connectivity index (χ3n) is 0.736. The summed E-state index contributed by atoms with van der Waals surface area (Å²) in [6.45, 7) is 0.178. The maximum absolute atomic E-state index is 8.44. The molecule has 1 aromatic rings. The summed E-state index contributed by atoms with van der Waals surface area (Å²) in [6, 6.07) is 3.83. The van der Waals surface area contributed by atoms with E-state index in [0.717, 1.165) is 4.88 Å².